The smallest absolute Gasteiger partial charge is 0.161 e. The lowest BCUT2D eigenvalue weighted by atomic mass is 9.99. The average molecular weight is 861 g/mol. The van der Waals surface area contributed by atoms with Gasteiger partial charge in [0, 0.05) is 11.2 Å². The highest BCUT2D eigenvalue weighted by Gasteiger charge is 2.49. The van der Waals surface area contributed by atoms with E-state index in [0.29, 0.717) is 0 Å². The van der Waals surface area contributed by atoms with E-state index in [0.717, 1.165) is 45.2 Å². The zero-order valence-electron chi connectivity index (χ0n) is 25.6. The number of rotatable bonds is 14. The second kappa shape index (κ2) is 15.7. The highest BCUT2D eigenvalue weighted by atomic mass is 33.2. The van der Waals surface area contributed by atoms with Crippen molar-refractivity contribution in [2.24, 2.45) is 5.41 Å². The average Bonchev–Trinajstić information content (AvgIpc) is 3.91. The first-order valence-corrected chi connectivity index (χ1v) is 26.8. The Morgan fingerprint density at radius 2 is 0.755 bits per heavy atom. The van der Waals surface area contributed by atoms with Gasteiger partial charge in [0.2, 0.25) is 0 Å². The Hall–Kier alpha value is -0.760. The standard InChI is InChI=1S/C33H24N4S12/c1-32(2,19-38-43-28-34-20-11-3-7-15-24(20)39-28)33(47-44-29-35-21-12-4-8-16-25(21)40-29,48-45-30-36-22-13-5-9-17-26(22)41-30)49-46-31-37-23-14-6-10-18-27(23)42-31/h3-18H,19H2,1-2H3. The van der Waals surface area contributed by atoms with Crippen LogP contribution in [0.15, 0.2) is 114 Å². The minimum absolute atomic E-state index is 0.154. The van der Waals surface area contributed by atoms with E-state index >= 15 is 0 Å². The van der Waals surface area contributed by atoms with Gasteiger partial charge in [0.05, 0.1) is 40.9 Å². The predicted octanol–water partition coefficient (Wildman–Crippen LogP) is 14.9. The van der Waals surface area contributed by atoms with E-state index in [9.17, 15) is 0 Å². The molecule has 4 aromatic carbocycles. The molecule has 0 aliphatic carbocycles. The molecule has 0 amide bonds. The maximum atomic E-state index is 5.01. The molecule has 248 valence electrons. The van der Waals surface area contributed by atoms with Crippen LogP contribution in [-0.4, -0.2) is 29.1 Å². The second-order valence-corrected chi connectivity index (χ2v) is 26.3. The third-order valence-electron chi connectivity index (χ3n) is 7.14. The highest BCUT2D eigenvalue weighted by Crippen LogP contribution is 2.70. The molecule has 0 unspecified atom stereocenters. The number of benzene rings is 4. The first kappa shape index (κ1) is 35.3. The molecule has 16 heteroatoms. The van der Waals surface area contributed by atoms with E-state index in [1.807, 2.05) is 43.2 Å². The summed E-state index contributed by atoms with van der Waals surface area (Å²) in [6.07, 6.45) is 0. The molecule has 0 bridgehead atoms. The number of thiazole rings is 4. The summed E-state index contributed by atoms with van der Waals surface area (Å²) >= 11 is 7.05. The van der Waals surface area contributed by atoms with Gasteiger partial charge in [0.25, 0.3) is 0 Å². The summed E-state index contributed by atoms with van der Waals surface area (Å²) in [6, 6.07) is 33.6. The van der Waals surface area contributed by atoms with E-state index in [4.69, 9.17) is 19.9 Å². The van der Waals surface area contributed by atoms with Crippen LogP contribution in [0.25, 0.3) is 40.9 Å². The van der Waals surface area contributed by atoms with Gasteiger partial charge in [-0.2, -0.15) is 0 Å². The molecule has 0 saturated carbocycles. The summed E-state index contributed by atoms with van der Waals surface area (Å²) in [6.45, 7) is 4.81. The lowest BCUT2D eigenvalue weighted by Gasteiger charge is -2.43. The first-order valence-electron chi connectivity index (χ1n) is 14.7. The van der Waals surface area contributed by atoms with Crippen molar-refractivity contribution in [1.29, 1.82) is 0 Å². The van der Waals surface area contributed by atoms with Crippen LogP contribution in [0, 0.1) is 5.41 Å². The van der Waals surface area contributed by atoms with Crippen molar-refractivity contribution in [3.63, 3.8) is 0 Å². The summed E-state index contributed by atoms with van der Waals surface area (Å²) in [5.41, 5.74) is 4.07. The van der Waals surface area contributed by atoms with E-state index in [-0.39, 0.29) is 8.83 Å². The summed E-state index contributed by atoms with van der Waals surface area (Å²) in [5, 5.41) is 0. The van der Waals surface area contributed by atoms with Crippen LogP contribution >= 0.6 is 132 Å². The molecule has 0 spiro atoms. The fourth-order valence-electron chi connectivity index (χ4n) is 4.51. The van der Waals surface area contributed by atoms with Crippen LogP contribution < -0.4 is 0 Å². The zero-order valence-corrected chi connectivity index (χ0v) is 35.4. The van der Waals surface area contributed by atoms with Gasteiger partial charge in [0.1, 0.15) is 3.41 Å². The Morgan fingerprint density at radius 3 is 1.08 bits per heavy atom. The maximum absolute atomic E-state index is 5.01. The molecule has 0 saturated heterocycles. The van der Waals surface area contributed by atoms with Gasteiger partial charge in [-0.15, -0.1) is 45.3 Å². The third kappa shape index (κ3) is 8.10. The van der Waals surface area contributed by atoms with Crippen LogP contribution in [0.3, 0.4) is 0 Å². The Labute approximate surface area is 331 Å². The van der Waals surface area contributed by atoms with Crippen LogP contribution in [0.4, 0.5) is 0 Å². The van der Waals surface area contributed by atoms with Crippen LogP contribution in [0.5, 0.6) is 0 Å². The van der Waals surface area contributed by atoms with Crippen molar-refractivity contribution >= 4 is 173 Å². The number of para-hydroxylation sites is 4. The summed E-state index contributed by atoms with van der Waals surface area (Å²) in [4.78, 5) is 19.9. The molecule has 4 nitrogen and oxygen atoms in total. The molecule has 4 aromatic heterocycles. The molecule has 0 atom stereocenters. The minimum Gasteiger partial charge on any atom is -0.229 e. The fourth-order valence-corrected chi connectivity index (χ4v) is 25.1. The Balaban J connectivity index is 1.11. The number of aromatic nitrogens is 4. The second-order valence-electron chi connectivity index (χ2n) is 11.1. The van der Waals surface area contributed by atoms with Crippen molar-refractivity contribution in [1.82, 2.24) is 19.9 Å². The number of fused-ring (bicyclic) bond motifs is 4. The Morgan fingerprint density at radius 1 is 0.449 bits per heavy atom. The van der Waals surface area contributed by atoms with E-state index in [2.05, 4.69) is 111 Å². The van der Waals surface area contributed by atoms with Crippen molar-refractivity contribution in [3.05, 3.63) is 97.1 Å². The molecule has 0 aliphatic heterocycles. The van der Waals surface area contributed by atoms with Crippen molar-refractivity contribution in [2.45, 2.75) is 34.6 Å². The lowest BCUT2D eigenvalue weighted by molar-refractivity contribution is 0.454. The third-order valence-corrected chi connectivity index (χ3v) is 27.2. The van der Waals surface area contributed by atoms with Crippen molar-refractivity contribution < 1.29 is 0 Å². The van der Waals surface area contributed by atoms with Gasteiger partial charge in [0.15, 0.2) is 17.4 Å². The van der Waals surface area contributed by atoms with Gasteiger partial charge in [-0.05, 0) is 91.7 Å². The molecule has 0 fully saturated rings. The van der Waals surface area contributed by atoms with E-state index in [1.165, 1.54) is 18.8 Å². The Kier molecular flexibility index (Phi) is 11.3. The van der Waals surface area contributed by atoms with Gasteiger partial charge in [-0.3, -0.25) is 0 Å². The van der Waals surface area contributed by atoms with Gasteiger partial charge in [-0.25, -0.2) is 19.9 Å². The summed E-state index contributed by atoms with van der Waals surface area (Å²) < 4.78 is 8.84. The minimum atomic E-state index is -0.332. The van der Waals surface area contributed by atoms with E-state index in [1.54, 1.807) is 88.5 Å². The van der Waals surface area contributed by atoms with Crippen LogP contribution in [0.2, 0.25) is 0 Å². The number of hydrogen-bond donors (Lipinski definition) is 0. The largest absolute Gasteiger partial charge is 0.229 e. The quantitative estimate of drug-likeness (QED) is 0.0773. The fraction of sp³-hybridized carbons (Fsp3) is 0.152. The van der Waals surface area contributed by atoms with E-state index < -0.39 is 0 Å². The molecule has 8 aromatic rings. The molecule has 0 radical (unpaired) electrons. The molecule has 4 heterocycles. The number of nitrogens with zero attached hydrogens (tertiary/aromatic N) is 4. The van der Waals surface area contributed by atoms with Gasteiger partial charge in [-0.1, -0.05) is 106 Å². The summed E-state index contributed by atoms with van der Waals surface area (Å²) in [7, 11) is 14.8. The molecule has 8 rings (SSSR count). The predicted molar refractivity (Wildman–Crippen MR) is 234 cm³/mol. The lowest BCUT2D eigenvalue weighted by Crippen LogP contribution is -2.36. The van der Waals surface area contributed by atoms with Crippen molar-refractivity contribution in [2.75, 3.05) is 5.75 Å². The van der Waals surface area contributed by atoms with Gasteiger partial charge < -0.3 is 0 Å². The van der Waals surface area contributed by atoms with Crippen LogP contribution in [-0.2, 0) is 0 Å². The molecule has 49 heavy (non-hydrogen) atoms. The van der Waals surface area contributed by atoms with Crippen LogP contribution in [0.1, 0.15) is 13.8 Å². The molecule has 0 aliphatic rings. The SMILES string of the molecule is CC(C)(CSSc1nc2ccccc2s1)C(SSc1nc2ccccc2s1)(SSc1nc2ccccc2s1)SSc1nc2ccccc2s1. The van der Waals surface area contributed by atoms with Gasteiger partial charge >= 0.3 is 0 Å². The molecular weight excluding hydrogens is 837 g/mol. The Bertz CT molecular complexity index is 2040. The number of hydrogen-bond acceptors (Lipinski definition) is 16. The maximum Gasteiger partial charge on any atom is 0.161 e. The van der Waals surface area contributed by atoms with Crippen molar-refractivity contribution in [3.8, 4) is 0 Å². The highest BCUT2D eigenvalue weighted by molar-refractivity contribution is 8.94. The topological polar surface area (TPSA) is 51.6 Å². The molecular formula is C33H24N4S12. The monoisotopic (exact) mass is 860 g/mol. The zero-order chi connectivity index (χ0) is 33.3. The summed E-state index contributed by atoms with van der Waals surface area (Å²) in [5.74, 6) is 0.918. The first-order chi connectivity index (χ1) is 23.9. The molecule has 0 N–H and O–H groups in total. The normalized spacial score (nSPS) is 12.6.